The van der Waals surface area contributed by atoms with E-state index in [9.17, 15) is 9.18 Å². The Balaban J connectivity index is 1.39. The number of hydrogen-bond donors (Lipinski definition) is 0. The molecule has 4 rings (SSSR count). The fourth-order valence-corrected chi connectivity index (χ4v) is 4.65. The average molecular weight is 421 g/mol. The summed E-state index contributed by atoms with van der Waals surface area (Å²) in [6.07, 6.45) is 5.64. The van der Waals surface area contributed by atoms with Crippen LogP contribution in [0.5, 0.6) is 0 Å². The number of halogens is 1. The zero-order valence-corrected chi connectivity index (χ0v) is 17.4. The monoisotopic (exact) mass is 421 g/mol. The molecule has 0 radical (unpaired) electrons. The Morgan fingerprint density at radius 2 is 1.97 bits per heavy atom. The van der Waals surface area contributed by atoms with Crippen LogP contribution in [0, 0.1) is 47.2 Å². The smallest absolute Gasteiger partial charge is 0.249 e. The van der Waals surface area contributed by atoms with Crippen molar-refractivity contribution in [3.05, 3.63) is 52.9 Å². The van der Waals surface area contributed by atoms with Gasteiger partial charge in [-0.2, -0.15) is 10.5 Å². The van der Waals surface area contributed by atoms with E-state index in [-0.39, 0.29) is 23.4 Å². The molecule has 1 amide bonds. The lowest BCUT2D eigenvalue weighted by Gasteiger charge is -2.32. The second-order valence-corrected chi connectivity index (χ2v) is 8.35. The van der Waals surface area contributed by atoms with Crippen LogP contribution in [0.4, 0.5) is 4.39 Å². The second-order valence-electron chi connectivity index (χ2n) is 8.35. The summed E-state index contributed by atoms with van der Waals surface area (Å²) < 4.78 is 15.9. The molecule has 0 bridgehead atoms. The summed E-state index contributed by atoms with van der Waals surface area (Å²) in [5.41, 5.74) is 2.17. The minimum absolute atomic E-state index is 0.0608. The van der Waals surface area contributed by atoms with Crippen LogP contribution in [-0.4, -0.2) is 27.1 Å². The Morgan fingerprint density at radius 3 is 2.65 bits per heavy atom. The van der Waals surface area contributed by atoms with Crippen molar-refractivity contribution in [2.24, 2.45) is 11.8 Å². The summed E-state index contributed by atoms with van der Waals surface area (Å²) in [5.74, 6) is -0.239. The third-order valence-electron chi connectivity index (χ3n) is 6.41. The highest BCUT2D eigenvalue weighted by atomic mass is 19.1. The molecule has 1 aliphatic heterocycles. The third-order valence-corrected chi connectivity index (χ3v) is 6.41. The summed E-state index contributed by atoms with van der Waals surface area (Å²) in [7, 11) is 0. The van der Waals surface area contributed by atoms with Crippen LogP contribution in [-0.2, 0) is 16.2 Å². The van der Waals surface area contributed by atoms with Gasteiger partial charge in [0.2, 0.25) is 5.91 Å². The molecule has 0 N–H and O–H groups in total. The molecule has 1 aliphatic carbocycles. The van der Waals surface area contributed by atoms with E-state index in [0.29, 0.717) is 30.2 Å². The van der Waals surface area contributed by atoms with E-state index in [4.69, 9.17) is 15.4 Å². The fraction of sp³-hybridized carbons (Fsp3) is 0.478. The van der Waals surface area contributed by atoms with Crippen molar-refractivity contribution in [1.82, 2.24) is 14.6 Å². The van der Waals surface area contributed by atoms with Gasteiger partial charge in [-0.3, -0.25) is 9.63 Å². The predicted molar refractivity (Wildman–Crippen MR) is 108 cm³/mol. The van der Waals surface area contributed by atoms with Crippen LogP contribution in [0.1, 0.15) is 60.7 Å². The normalized spacial score (nSPS) is 23.4. The van der Waals surface area contributed by atoms with Gasteiger partial charge in [-0.1, -0.05) is 0 Å². The molecule has 1 aromatic carbocycles. The van der Waals surface area contributed by atoms with Gasteiger partial charge in [0, 0.05) is 18.9 Å². The minimum Gasteiger partial charge on any atom is -0.333 e. The molecule has 2 fully saturated rings. The molecule has 31 heavy (non-hydrogen) atoms. The molecule has 1 saturated heterocycles. The van der Waals surface area contributed by atoms with Gasteiger partial charge in [-0.25, -0.2) is 14.4 Å². The van der Waals surface area contributed by atoms with E-state index in [0.717, 1.165) is 37.9 Å². The maximum atomic E-state index is 13.9. The first-order valence-corrected chi connectivity index (χ1v) is 10.6. The van der Waals surface area contributed by atoms with Crippen LogP contribution in [0.3, 0.4) is 0 Å². The molecule has 1 aromatic heterocycles. The van der Waals surface area contributed by atoms with Gasteiger partial charge in [-0.15, -0.1) is 0 Å². The molecule has 7 nitrogen and oxygen atoms in total. The molecular formula is C23H24FN5O2. The molecule has 2 aliphatic rings. The van der Waals surface area contributed by atoms with Gasteiger partial charge >= 0.3 is 0 Å². The highest BCUT2D eigenvalue weighted by Gasteiger charge is 2.37. The lowest BCUT2D eigenvalue weighted by molar-refractivity contribution is -0.183. The van der Waals surface area contributed by atoms with Crippen molar-refractivity contribution in [3.63, 3.8) is 0 Å². The second kappa shape index (κ2) is 8.87. The number of nitriles is 2. The van der Waals surface area contributed by atoms with Gasteiger partial charge < -0.3 is 4.57 Å². The van der Waals surface area contributed by atoms with E-state index in [1.54, 1.807) is 12.4 Å². The van der Waals surface area contributed by atoms with Gasteiger partial charge in [0.05, 0.1) is 36.3 Å². The number of hydrogen-bond acceptors (Lipinski definition) is 5. The number of carbonyl (C=O) groups excluding carboxylic acids is 1. The SMILES string of the molecule is Cc1c(C#N)ncn1C[C@H]1CC[C@H](C(=O)N2OCC[C@H]2c2cc(F)cc(C#N)c2)CC1. The molecule has 0 spiro atoms. The van der Waals surface area contributed by atoms with Gasteiger partial charge in [-0.05, 0) is 62.3 Å². The van der Waals surface area contributed by atoms with Gasteiger partial charge in [0.25, 0.3) is 0 Å². The van der Waals surface area contributed by atoms with E-state index >= 15 is 0 Å². The highest BCUT2D eigenvalue weighted by Crippen LogP contribution is 2.37. The predicted octanol–water partition coefficient (Wildman–Crippen LogP) is 3.79. The van der Waals surface area contributed by atoms with E-state index in [1.165, 1.54) is 17.2 Å². The van der Waals surface area contributed by atoms with Crippen molar-refractivity contribution in [1.29, 1.82) is 10.5 Å². The summed E-state index contributed by atoms with van der Waals surface area (Å²) in [6.45, 7) is 3.09. The number of nitrogens with zero attached hydrogens (tertiary/aromatic N) is 5. The van der Waals surface area contributed by atoms with Crippen LogP contribution in [0.2, 0.25) is 0 Å². The molecule has 1 saturated carbocycles. The summed E-state index contributed by atoms with van der Waals surface area (Å²) >= 11 is 0. The number of hydroxylamine groups is 2. The standard InChI is InChI=1S/C23H24FN5O2/c1-15-21(12-26)27-14-28(15)13-16-2-4-18(5-3-16)23(30)29-22(6-7-31-29)19-8-17(11-25)9-20(24)10-19/h8-10,14,16,18,22H,2-7,13H2,1H3/t16-,18-,22-/m0/s1. The zero-order valence-electron chi connectivity index (χ0n) is 17.4. The van der Waals surface area contributed by atoms with Crippen LogP contribution < -0.4 is 0 Å². The third kappa shape index (κ3) is 4.30. The zero-order chi connectivity index (χ0) is 22.0. The minimum atomic E-state index is -0.483. The molecular weight excluding hydrogens is 397 g/mol. The Bertz CT molecular complexity index is 1060. The summed E-state index contributed by atoms with van der Waals surface area (Å²) in [6, 6.07) is 7.88. The molecule has 2 aromatic rings. The number of benzene rings is 1. The van der Waals surface area contributed by atoms with Crippen LogP contribution >= 0.6 is 0 Å². The first-order valence-electron chi connectivity index (χ1n) is 10.6. The largest absolute Gasteiger partial charge is 0.333 e. The Labute approximate surface area is 180 Å². The van der Waals surface area contributed by atoms with Gasteiger partial charge in [0.1, 0.15) is 11.9 Å². The number of amides is 1. The first-order chi connectivity index (χ1) is 15.0. The molecule has 2 heterocycles. The number of carbonyl (C=O) groups is 1. The molecule has 160 valence electrons. The number of rotatable bonds is 4. The van der Waals surface area contributed by atoms with Crippen molar-refractivity contribution >= 4 is 5.91 Å². The van der Waals surface area contributed by atoms with Crippen LogP contribution in [0.15, 0.2) is 24.5 Å². The molecule has 1 atom stereocenters. The lowest BCUT2D eigenvalue weighted by Crippen LogP contribution is -2.37. The van der Waals surface area contributed by atoms with E-state index in [2.05, 4.69) is 11.1 Å². The fourth-order valence-electron chi connectivity index (χ4n) is 4.65. The van der Waals surface area contributed by atoms with Crippen molar-refractivity contribution in [3.8, 4) is 12.1 Å². The average Bonchev–Trinajstić information content (AvgIpc) is 3.40. The van der Waals surface area contributed by atoms with E-state index in [1.807, 2.05) is 17.6 Å². The van der Waals surface area contributed by atoms with Crippen molar-refractivity contribution in [2.75, 3.05) is 6.61 Å². The highest BCUT2D eigenvalue weighted by molar-refractivity contribution is 5.78. The van der Waals surface area contributed by atoms with Crippen molar-refractivity contribution < 1.29 is 14.0 Å². The van der Waals surface area contributed by atoms with Crippen molar-refractivity contribution in [2.45, 2.75) is 51.6 Å². The number of aromatic nitrogens is 2. The van der Waals surface area contributed by atoms with Gasteiger partial charge in [0.15, 0.2) is 5.69 Å². The molecule has 8 heteroatoms. The topological polar surface area (TPSA) is 94.9 Å². The van der Waals surface area contributed by atoms with Crippen LogP contribution in [0.25, 0.3) is 0 Å². The summed E-state index contributed by atoms with van der Waals surface area (Å²) in [4.78, 5) is 22.9. The Morgan fingerprint density at radius 1 is 1.19 bits per heavy atom. The lowest BCUT2D eigenvalue weighted by atomic mass is 9.81. The van der Waals surface area contributed by atoms with E-state index < -0.39 is 5.82 Å². The Hall–Kier alpha value is -3.23. The number of imidazole rings is 1. The summed E-state index contributed by atoms with van der Waals surface area (Å²) in [5, 5.41) is 19.6. The quantitative estimate of drug-likeness (QED) is 0.749. The Kier molecular flexibility index (Phi) is 6.01. The maximum Gasteiger partial charge on any atom is 0.249 e. The molecule has 0 unspecified atom stereocenters. The first kappa shape index (κ1) is 21.0. The maximum absolute atomic E-state index is 13.9.